The highest BCUT2D eigenvalue weighted by Gasteiger charge is 2.23. The van der Waals surface area contributed by atoms with Gasteiger partial charge in [0.15, 0.2) is 0 Å². The molecule has 2 N–H and O–H groups in total. The number of aryl methyl sites for hydroxylation is 3. The Morgan fingerprint density at radius 3 is 2.91 bits per heavy atom. The second-order valence-electron chi connectivity index (χ2n) is 5.69. The number of nitrogens with two attached hydrogens (primary N) is 1. The van der Waals surface area contributed by atoms with Crippen LogP contribution >= 0.6 is 11.3 Å². The maximum Gasteiger partial charge on any atom is 0.248 e. The fourth-order valence-corrected chi connectivity index (χ4v) is 4.14. The molecule has 0 bridgehead atoms. The molecule has 0 saturated carbocycles. The molecule has 3 nitrogen and oxygen atoms in total. The van der Waals surface area contributed by atoms with E-state index >= 15 is 0 Å². The zero-order valence-corrected chi connectivity index (χ0v) is 13.1. The Labute approximate surface area is 133 Å². The first-order chi connectivity index (χ1) is 10.6. The number of carbonyl (C=O) groups is 1. The van der Waals surface area contributed by atoms with Crippen molar-refractivity contribution in [2.45, 2.75) is 19.9 Å². The quantitative estimate of drug-likeness (QED) is 0.768. The summed E-state index contributed by atoms with van der Waals surface area (Å²) in [7, 11) is 0. The summed E-state index contributed by atoms with van der Waals surface area (Å²) in [4.78, 5) is 12.8. The van der Waals surface area contributed by atoms with E-state index in [2.05, 4.69) is 35.2 Å². The van der Waals surface area contributed by atoms with Crippen LogP contribution in [0.2, 0.25) is 0 Å². The maximum absolute atomic E-state index is 11.5. The number of thiophene rings is 1. The average molecular weight is 308 g/mol. The number of carbonyl (C=O) groups excluding carboxylic acids is 1. The summed E-state index contributed by atoms with van der Waals surface area (Å²) in [5.74, 6) is -0.374. The first-order valence-corrected chi connectivity index (χ1v) is 8.20. The molecule has 0 saturated heterocycles. The highest BCUT2D eigenvalue weighted by atomic mass is 32.1. The van der Waals surface area contributed by atoms with Crippen LogP contribution in [0.3, 0.4) is 0 Å². The normalized spacial score (nSPS) is 12.8. The van der Waals surface area contributed by atoms with Crippen molar-refractivity contribution in [2.75, 3.05) is 0 Å². The standard InChI is InChI=1S/C18H16N2OS/c1-11-10-20-7-6-12-4-5-13(18(19)21)9-14(12)17(20)16(11)15-3-2-8-22-15/h2-5,8-10H,6-7H2,1H3,(H2,19,21). The predicted molar refractivity (Wildman–Crippen MR) is 90.1 cm³/mol. The lowest BCUT2D eigenvalue weighted by Crippen LogP contribution is -2.14. The van der Waals surface area contributed by atoms with Crippen LogP contribution in [0.4, 0.5) is 0 Å². The number of amides is 1. The van der Waals surface area contributed by atoms with E-state index in [1.165, 1.54) is 27.3 Å². The fraction of sp³-hybridized carbons (Fsp3) is 0.167. The van der Waals surface area contributed by atoms with Crippen molar-refractivity contribution in [1.29, 1.82) is 0 Å². The van der Waals surface area contributed by atoms with Gasteiger partial charge in [0.2, 0.25) is 5.91 Å². The van der Waals surface area contributed by atoms with Gasteiger partial charge in [-0.2, -0.15) is 0 Å². The largest absolute Gasteiger partial charge is 0.366 e. The van der Waals surface area contributed by atoms with E-state index in [-0.39, 0.29) is 5.91 Å². The van der Waals surface area contributed by atoms with Crippen LogP contribution in [0.1, 0.15) is 21.5 Å². The molecule has 0 unspecified atom stereocenters. The average Bonchev–Trinajstić information content (AvgIpc) is 3.12. The first kappa shape index (κ1) is 13.3. The summed E-state index contributed by atoms with van der Waals surface area (Å²) >= 11 is 1.75. The highest BCUT2D eigenvalue weighted by Crippen LogP contribution is 2.42. The monoisotopic (exact) mass is 308 g/mol. The number of primary amides is 1. The number of nitrogens with zero attached hydrogens (tertiary/aromatic N) is 1. The second-order valence-corrected chi connectivity index (χ2v) is 6.64. The Morgan fingerprint density at radius 2 is 2.18 bits per heavy atom. The smallest absolute Gasteiger partial charge is 0.248 e. The minimum atomic E-state index is -0.374. The van der Waals surface area contributed by atoms with Gasteiger partial charge in [0.1, 0.15) is 0 Å². The first-order valence-electron chi connectivity index (χ1n) is 7.32. The third-order valence-corrected chi connectivity index (χ3v) is 5.19. The lowest BCUT2D eigenvalue weighted by molar-refractivity contribution is 0.100. The molecule has 4 rings (SSSR count). The third kappa shape index (κ3) is 1.91. The van der Waals surface area contributed by atoms with Crippen molar-refractivity contribution < 1.29 is 4.79 Å². The Morgan fingerprint density at radius 1 is 1.32 bits per heavy atom. The van der Waals surface area contributed by atoms with Gasteiger partial charge in [-0.1, -0.05) is 12.1 Å². The van der Waals surface area contributed by atoms with E-state index in [0.29, 0.717) is 5.56 Å². The molecule has 4 heteroatoms. The summed E-state index contributed by atoms with van der Waals surface area (Å²) in [6.45, 7) is 3.13. The Bertz CT molecular complexity index is 875. The molecular formula is C18H16N2OS. The van der Waals surface area contributed by atoms with Gasteiger partial charge in [0, 0.05) is 34.3 Å². The van der Waals surface area contributed by atoms with Crippen molar-refractivity contribution in [3.05, 3.63) is 58.6 Å². The van der Waals surface area contributed by atoms with Crippen LogP contribution in [0.5, 0.6) is 0 Å². The summed E-state index contributed by atoms with van der Waals surface area (Å²) in [6, 6.07) is 10.0. The molecule has 0 radical (unpaired) electrons. The van der Waals surface area contributed by atoms with Gasteiger partial charge in [0.05, 0.1) is 5.69 Å². The molecule has 1 amide bonds. The molecule has 2 aromatic heterocycles. The van der Waals surface area contributed by atoms with Crippen LogP contribution in [-0.2, 0) is 13.0 Å². The highest BCUT2D eigenvalue weighted by molar-refractivity contribution is 7.13. The molecule has 3 aromatic rings. The van der Waals surface area contributed by atoms with Gasteiger partial charge >= 0.3 is 0 Å². The van der Waals surface area contributed by atoms with Crippen LogP contribution in [-0.4, -0.2) is 10.5 Å². The molecule has 1 aliphatic rings. The minimum Gasteiger partial charge on any atom is -0.366 e. The third-order valence-electron chi connectivity index (χ3n) is 4.31. The SMILES string of the molecule is Cc1cn2c(c1-c1cccs1)-c1cc(C(N)=O)ccc1CC2. The van der Waals surface area contributed by atoms with Gasteiger partial charge in [-0.25, -0.2) is 0 Å². The molecule has 1 aromatic carbocycles. The van der Waals surface area contributed by atoms with Gasteiger partial charge in [-0.3, -0.25) is 4.79 Å². The fourth-order valence-electron chi connectivity index (χ4n) is 3.30. The number of aromatic nitrogens is 1. The number of hydrogen-bond donors (Lipinski definition) is 1. The molecule has 0 spiro atoms. The summed E-state index contributed by atoms with van der Waals surface area (Å²) < 4.78 is 2.30. The van der Waals surface area contributed by atoms with Gasteiger partial charge in [0.25, 0.3) is 0 Å². The van der Waals surface area contributed by atoms with E-state index in [1.807, 2.05) is 18.2 Å². The van der Waals surface area contributed by atoms with Gasteiger partial charge in [-0.15, -0.1) is 11.3 Å². The van der Waals surface area contributed by atoms with Crippen LogP contribution in [0, 0.1) is 6.92 Å². The summed E-state index contributed by atoms with van der Waals surface area (Å²) in [6.07, 6.45) is 3.20. The zero-order valence-electron chi connectivity index (χ0n) is 12.3. The second kappa shape index (κ2) is 4.85. The van der Waals surface area contributed by atoms with E-state index in [9.17, 15) is 4.79 Å². The lowest BCUT2D eigenvalue weighted by atomic mass is 9.93. The topological polar surface area (TPSA) is 48.0 Å². The molecular weight excluding hydrogens is 292 g/mol. The number of rotatable bonds is 2. The van der Waals surface area contributed by atoms with Crippen molar-refractivity contribution in [1.82, 2.24) is 4.57 Å². The predicted octanol–water partition coefficient (Wildman–Crippen LogP) is 3.85. The summed E-state index contributed by atoms with van der Waals surface area (Å²) in [5.41, 5.74) is 12.2. The van der Waals surface area contributed by atoms with Gasteiger partial charge in [-0.05, 0) is 48.1 Å². The van der Waals surface area contributed by atoms with E-state index in [1.54, 1.807) is 11.3 Å². The van der Waals surface area contributed by atoms with Gasteiger partial charge < -0.3 is 10.3 Å². The maximum atomic E-state index is 11.5. The van der Waals surface area contributed by atoms with Crippen molar-refractivity contribution >= 4 is 17.2 Å². The van der Waals surface area contributed by atoms with Crippen LogP contribution < -0.4 is 5.73 Å². The molecule has 3 heterocycles. The Kier molecular flexibility index (Phi) is 2.94. The molecule has 0 atom stereocenters. The Hall–Kier alpha value is -2.33. The van der Waals surface area contributed by atoms with Crippen LogP contribution in [0.15, 0.2) is 41.9 Å². The van der Waals surface area contributed by atoms with Crippen molar-refractivity contribution in [3.63, 3.8) is 0 Å². The molecule has 110 valence electrons. The van der Waals surface area contributed by atoms with E-state index < -0.39 is 0 Å². The minimum absolute atomic E-state index is 0.374. The van der Waals surface area contributed by atoms with E-state index in [0.717, 1.165) is 18.5 Å². The molecule has 22 heavy (non-hydrogen) atoms. The number of fused-ring (bicyclic) bond motifs is 3. The Balaban J connectivity index is 2.01. The van der Waals surface area contributed by atoms with Crippen molar-refractivity contribution in [3.8, 4) is 21.7 Å². The van der Waals surface area contributed by atoms with Crippen LogP contribution in [0.25, 0.3) is 21.7 Å². The molecule has 1 aliphatic heterocycles. The van der Waals surface area contributed by atoms with Crippen molar-refractivity contribution in [2.24, 2.45) is 5.73 Å². The number of hydrogen-bond acceptors (Lipinski definition) is 2. The zero-order chi connectivity index (χ0) is 15.3. The van der Waals surface area contributed by atoms with E-state index in [4.69, 9.17) is 5.73 Å². The lowest BCUT2D eigenvalue weighted by Gasteiger charge is -2.21. The summed E-state index contributed by atoms with van der Waals surface area (Å²) in [5, 5.41) is 2.10. The molecule has 0 aliphatic carbocycles. The molecule has 0 fully saturated rings. The number of benzene rings is 1.